The third-order valence-corrected chi connectivity index (χ3v) is 4.35. The normalized spacial score (nSPS) is 18.9. The van der Waals surface area contributed by atoms with Crippen molar-refractivity contribution in [3.63, 3.8) is 0 Å². The Morgan fingerprint density at radius 1 is 1.22 bits per heavy atom. The zero-order chi connectivity index (χ0) is 17.4. The molecule has 1 amide bonds. The summed E-state index contributed by atoms with van der Waals surface area (Å²) in [6.45, 7) is 9.00. The minimum absolute atomic E-state index is 0.0298. The van der Waals surface area contributed by atoms with E-state index in [1.165, 1.54) is 17.9 Å². The number of benzene rings is 1. The maximum absolute atomic E-state index is 11.6. The van der Waals surface area contributed by atoms with E-state index in [9.17, 15) is 19.8 Å². The third-order valence-electron chi connectivity index (χ3n) is 4.35. The van der Waals surface area contributed by atoms with Crippen molar-refractivity contribution in [2.45, 2.75) is 33.7 Å². The first-order chi connectivity index (χ1) is 10.6. The molecule has 1 aliphatic rings. The van der Waals surface area contributed by atoms with Gasteiger partial charge < -0.3 is 20.0 Å². The molecule has 1 fully saturated rings. The van der Waals surface area contributed by atoms with E-state index >= 15 is 0 Å². The lowest BCUT2D eigenvalue weighted by molar-refractivity contribution is 0.0748. The number of amides is 1. The second-order valence-electron chi connectivity index (χ2n) is 7.06. The van der Waals surface area contributed by atoms with Gasteiger partial charge in [0, 0.05) is 25.3 Å². The van der Waals surface area contributed by atoms with Gasteiger partial charge in [0.05, 0.1) is 11.6 Å². The summed E-state index contributed by atoms with van der Waals surface area (Å²) in [5.74, 6) is -0.223. The number of ketones is 1. The molecule has 1 aromatic rings. The summed E-state index contributed by atoms with van der Waals surface area (Å²) in [4.78, 5) is 26.6. The number of phenols is 1. The summed E-state index contributed by atoms with van der Waals surface area (Å²) < 4.78 is 0. The first-order valence-corrected chi connectivity index (χ1v) is 7.69. The van der Waals surface area contributed by atoms with Crippen molar-refractivity contribution in [1.29, 1.82) is 0 Å². The van der Waals surface area contributed by atoms with Crippen LogP contribution in [-0.4, -0.2) is 52.7 Å². The number of phenolic OH excluding ortho intramolecular Hbond substituents is 1. The lowest BCUT2D eigenvalue weighted by atomic mass is 9.84. The van der Waals surface area contributed by atoms with Crippen molar-refractivity contribution in [1.82, 2.24) is 4.90 Å². The smallest absolute Gasteiger partial charge is 0.407 e. The van der Waals surface area contributed by atoms with Crippen LogP contribution >= 0.6 is 0 Å². The van der Waals surface area contributed by atoms with E-state index in [4.69, 9.17) is 0 Å². The summed E-state index contributed by atoms with van der Waals surface area (Å²) in [5.41, 5.74) is 0.917. The van der Waals surface area contributed by atoms with Crippen molar-refractivity contribution in [3.8, 4) is 5.75 Å². The monoisotopic (exact) mass is 320 g/mol. The number of anilines is 1. The van der Waals surface area contributed by atoms with Crippen LogP contribution in [0.5, 0.6) is 5.75 Å². The number of carbonyl (C=O) groups excluding carboxylic acids is 1. The first kappa shape index (κ1) is 17.1. The summed E-state index contributed by atoms with van der Waals surface area (Å²) in [5, 5.41) is 19.2. The van der Waals surface area contributed by atoms with Gasteiger partial charge in [-0.3, -0.25) is 4.79 Å². The molecule has 0 aliphatic carbocycles. The molecule has 1 aromatic carbocycles. The van der Waals surface area contributed by atoms with Crippen molar-refractivity contribution < 1.29 is 19.8 Å². The Bertz CT molecular complexity index is 622. The highest BCUT2D eigenvalue weighted by atomic mass is 16.4. The van der Waals surface area contributed by atoms with Crippen molar-refractivity contribution in [2.75, 3.05) is 24.5 Å². The fourth-order valence-corrected chi connectivity index (χ4v) is 2.99. The Labute approximate surface area is 136 Å². The van der Waals surface area contributed by atoms with E-state index in [2.05, 4.69) is 4.90 Å². The Hall–Kier alpha value is -2.24. The van der Waals surface area contributed by atoms with Gasteiger partial charge in [0.15, 0.2) is 5.78 Å². The predicted molar refractivity (Wildman–Crippen MR) is 88.3 cm³/mol. The number of aromatic hydroxyl groups is 1. The molecule has 23 heavy (non-hydrogen) atoms. The van der Waals surface area contributed by atoms with E-state index in [0.717, 1.165) is 5.69 Å². The maximum Gasteiger partial charge on any atom is 0.407 e. The fourth-order valence-electron chi connectivity index (χ4n) is 2.99. The molecule has 126 valence electrons. The molecule has 1 aliphatic heterocycles. The molecule has 6 nitrogen and oxygen atoms in total. The van der Waals surface area contributed by atoms with Crippen LogP contribution in [0, 0.1) is 5.41 Å². The van der Waals surface area contributed by atoms with E-state index in [1.807, 2.05) is 20.8 Å². The molecule has 0 bridgehead atoms. The van der Waals surface area contributed by atoms with Crippen LogP contribution in [0.1, 0.15) is 38.1 Å². The Morgan fingerprint density at radius 2 is 1.87 bits per heavy atom. The van der Waals surface area contributed by atoms with Gasteiger partial charge in [0.25, 0.3) is 0 Å². The molecule has 0 aromatic heterocycles. The molecule has 1 heterocycles. The molecular weight excluding hydrogens is 296 g/mol. The highest BCUT2D eigenvalue weighted by Gasteiger charge is 2.38. The second-order valence-corrected chi connectivity index (χ2v) is 7.06. The average Bonchev–Trinajstić information content (AvgIpc) is 2.45. The minimum Gasteiger partial charge on any atom is -0.507 e. The van der Waals surface area contributed by atoms with Crippen LogP contribution in [0.3, 0.4) is 0 Å². The molecule has 6 heteroatoms. The molecule has 0 radical (unpaired) electrons. The summed E-state index contributed by atoms with van der Waals surface area (Å²) in [7, 11) is 0. The lowest BCUT2D eigenvalue weighted by Crippen LogP contribution is -2.59. The van der Waals surface area contributed by atoms with E-state index < -0.39 is 6.09 Å². The maximum atomic E-state index is 11.6. The molecule has 0 saturated carbocycles. The number of carbonyl (C=O) groups is 2. The highest BCUT2D eigenvalue weighted by molar-refractivity contribution is 5.97. The number of hydrogen-bond donors (Lipinski definition) is 2. The number of carboxylic acid groups (broad SMARTS) is 1. The van der Waals surface area contributed by atoms with E-state index in [-0.39, 0.29) is 28.6 Å². The van der Waals surface area contributed by atoms with Crippen LogP contribution in [-0.2, 0) is 0 Å². The summed E-state index contributed by atoms with van der Waals surface area (Å²) in [6, 6.07) is 4.80. The topological polar surface area (TPSA) is 81.1 Å². The zero-order valence-corrected chi connectivity index (χ0v) is 14.0. The van der Waals surface area contributed by atoms with E-state index in [1.54, 1.807) is 12.1 Å². The van der Waals surface area contributed by atoms with Gasteiger partial charge in [0.1, 0.15) is 5.75 Å². The molecule has 1 unspecified atom stereocenters. The fraction of sp³-hybridized carbons (Fsp3) is 0.529. The van der Waals surface area contributed by atoms with Gasteiger partial charge in [0.2, 0.25) is 0 Å². The van der Waals surface area contributed by atoms with Crippen LogP contribution in [0.15, 0.2) is 18.2 Å². The summed E-state index contributed by atoms with van der Waals surface area (Å²) in [6.07, 6.45) is -0.903. The number of nitrogens with zero attached hydrogens (tertiary/aromatic N) is 2. The van der Waals surface area contributed by atoms with Crippen LogP contribution in [0.4, 0.5) is 10.5 Å². The largest absolute Gasteiger partial charge is 0.507 e. The highest BCUT2D eigenvalue weighted by Crippen LogP contribution is 2.31. The number of piperazine rings is 1. The molecule has 2 rings (SSSR count). The Morgan fingerprint density at radius 3 is 2.39 bits per heavy atom. The average molecular weight is 320 g/mol. The third kappa shape index (κ3) is 3.57. The SMILES string of the molecule is CC(=O)c1cc(N2CCN(C(=O)O)C(C(C)(C)C)C2)ccc1O. The second kappa shape index (κ2) is 6.10. The Kier molecular flexibility index (Phi) is 4.54. The first-order valence-electron chi connectivity index (χ1n) is 7.69. The quantitative estimate of drug-likeness (QED) is 0.819. The zero-order valence-electron chi connectivity index (χ0n) is 14.0. The van der Waals surface area contributed by atoms with Gasteiger partial charge in [-0.05, 0) is 30.5 Å². The van der Waals surface area contributed by atoms with Gasteiger partial charge >= 0.3 is 6.09 Å². The number of Topliss-reactive ketones (excluding diaryl/α,β-unsaturated/α-hetero) is 1. The standard InChI is InChI=1S/C17H24N2O4/c1-11(20)13-9-12(5-6-14(13)21)18-7-8-19(16(22)23)15(10-18)17(2,3)4/h5-6,9,15,21H,7-8,10H2,1-4H3,(H,22,23). The molecule has 0 spiro atoms. The van der Waals surface area contributed by atoms with Crippen molar-refractivity contribution in [3.05, 3.63) is 23.8 Å². The molecule has 1 atom stereocenters. The number of hydrogen-bond acceptors (Lipinski definition) is 4. The summed E-state index contributed by atoms with van der Waals surface area (Å²) >= 11 is 0. The van der Waals surface area contributed by atoms with Gasteiger partial charge in [-0.2, -0.15) is 0 Å². The van der Waals surface area contributed by atoms with Crippen LogP contribution < -0.4 is 4.90 Å². The van der Waals surface area contributed by atoms with Gasteiger partial charge in [-0.15, -0.1) is 0 Å². The molecule has 1 saturated heterocycles. The molecule has 2 N–H and O–H groups in total. The lowest BCUT2D eigenvalue weighted by Gasteiger charge is -2.46. The van der Waals surface area contributed by atoms with Crippen molar-refractivity contribution in [2.24, 2.45) is 5.41 Å². The molecular formula is C17H24N2O4. The van der Waals surface area contributed by atoms with Gasteiger partial charge in [-0.25, -0.2) is 4.79 Å². The predicted octanol–water partition coefficient (Wildman–Crippen LogP) is 2.81. The van der Waals surface area contributed by atoms with Crippen molar-refractivity contribution >= 4 is 17.6 Å². The minimum atomic E-state index is -0.903. The van der Waals surface area contributed by atoms with Crippen LogP contribution in [0.2, 0.25) is 0 Å². The number of rotatable bonds is 2. The van der Waals surface area contributed by atoms with E-state index in [0.29, 0.717) is 19.6 Å². The van der Waals surface area contributed by atoms with Gasteiger partial charge in [-0.1, -0.05) is 20.8 Å². The Balaban J connectivity index is 2.30. The van der Waals surface area contributed by atoms with Crippen LogP contribution in [0.25, 0.3) is 0 Å².